The first-order valence-corrected chi connectivity index (χ1v) is 45.4. The van der Waals surface area contributed by atoms with Gasteiger partial charge in [-0.1, -0.05) is 41.7 Å². The number of esters is 3. The van der Waals surface area contributed by atoms with Crippen LogP contribution in [0.25, 0.3) is 0 Å². The molecule has 38 nitrogen and oxygen atoms in total. The number of carbonyl (C=O) groups is 16. The van der Waals surface area contributed by atoms with Crippen LogP contribution in [-0.4, -0.2) is 277 Å². The Morgan fingerprint density at radius 1 is 0.423 bits per heavy atom. The van der Waals surface area contributed by atoms with E-state index in [2.05, 4.69) is 112 Å². The first-order chi connectivity index (χ1) is 63.3. The number of terminal acetylenes is 3. The Balaban J connectivity index is 0. The van der Waals surface area contributed by atoms with E-state index in [0.717, 1.165) is 42.8 Å². The number of hydroxylamine groups is 2. The molecule has 44 heteroatoms. The summed E-state index contributed by atoms with van der Waals surface area (Å²) in [5.41, 5.74) is 7.19. The van der Waals surface area contributed by atoms with Crippen LogP contribution in [0.1, 0.15) is 186 Å². The molecule has 137 heavy (non-hydrogen) atoms. The molecule has 6 aromatic carbocycles. The fourth-order valence-electron chi connectivity index (χ4n) is 11.8. The number of hydrogen-bond donors (Lipinski definition) is 12. The number of nitrogens with zero attached hydrogens (tertiary/aromatic N) is 4. The van der Waals surface area contributed by atoms with Crippen molar-refractivity contribution in [2.75, 3.05) is 80.2 Å². The van der Waals surface area contributed by atoms with Crippen molar-refractivity contribution in [3.63, 3.8) is 0 Å². The van der Waals surface area contributed by atoms with E-state index in [9.17, 15) is 86.9 Å². The minimum absolute atomic E-state index is 0. The number of halogens is 5. The van der Waals surface area contributed by atoms with E-state index in [1.807, 2.05) is 112 Å². The quantitative estimate of drug-likeness (QED) is 0.00261. The smallest absolute Gasteiger partial charge is 0.365 e. The Morgan fingerprint density at radius 3 is 1.09 bits per heavy atom. The second-order valence-electron chi connectivity index (χ2n) is 28.1. The molecule has 1 aliphatic rings. The number of aliphatic hydroxyl groups excluding tert-OH is 1. The molecule has 5 amide bonds. The third kappa shape index (κ3) is 48.0. The van der Waals surface area contributed by atoms with Gasteiger partial charge in [0.2, 0.25) is 0 Å². The minimum atomic E-state index is -1.85. The van der Waals surface area contributed by atoms with E-state index in [4.69, 9.17) is 64.6 Å². The van der Waals surface area contributed by atoms with Crippen LogP contribution in [0.3, 0.4) is 0 Å². The van der Waals surface area contributed by atoms with Gasteiger partial charge in [0.25, 0.3) is 29.5 Å². The molecule has 2 unspecified atom stereocenters. The van der Waals surface area contributed by atoms with Gasteiger partial charge in [0.1, 0.15) is 18.1 Å². The van der Waals surface area contributed by atoms with Gasteiger partial charge in [0.15, 0.2) is 6.29 Å². The molecule has 0 bridgehead atoms. The fraction of sp³-hybridized carbons (Fsp3) is 0.333. The third-order valence-electron chi connectivity index (χ3n) is 18.4. The van der Waals surface area contributed by atoms with Crippen molar-refractivity contribution in [1.29, 1.82) is 0 Å². The van der Waals surface area contributed by atoms with Gasteiger partial charge in [-0.2, -0.15) is 0 Å². The van der Waals surface area contributed by atoms with Crippen molar-refractivity contribution < 1.29 is 169 Å². The summed E-state index contributed by atoms with van der Waals surface area (Å²) in [6.07, 6.45) is 17.3. The number of aliphatic hydroxyl groups is 2. The van der Waals surface area contributed by atoms with Gasteiger partial charge in [-0.15, -0.1) is 36.2 Å². The van der Waals surface area contributed by atoms with Crippen molar-refractivity contribution in [1.82, 2.24) is 35.7 Å². The first-order valence-electron chi connectivity index (χ1n) is 40.0. The predicted octanol–water partition coefficient (Wildman–Crippen LogP) is 7.38. The number of benzene rings is 6. The molecule has 7 rings (SSSR count). The van der Waals surface area contributed by atoms with Crippen LogP contribution in [0.2, 0.25) is 0 Å². The molecule has 0 aliphatic carbocycles. The number of methoxy groups -OCH3 is 3. The normalized spacial score (nSPS) is 11.2. The Bertz CT molecular complexity index is 5450. The first kappa shape index (κ1) is 128. The molecule has 3 atom stereocenters. The van der Waals surface area contributed by atoms with E-state index < -0.39 is 128 Å². The maximum absolute atomic E-state index is 12.4. The molecule has 1 heterocycles. The molecule has 0 aromatic heterocycles. The molecule has 0 spiro atoms. The van der Waals surface area contributed by atoms with Crippen LogP contribution in [-0.2, 0) is 83.5 Å². The van der Waals surface area contributed by atoms with E-state index in [1.165, 1.54) is 38.4 Å². The van der Waals surface area contributed by atoms with Gasteiger partial charge in [-0.25, -0.2) is 14.4 Å². The topological polar surface area (TPSA) is 604 Å². The predicted molar refractivity (Wildman–Crippen MR) is 535 cm³/mol. The molecule has 0 radical (unpaired) electrons. The van der Waals surface area contributed by atoms with Gasteiger partial charge < -0.3 is 91.9 Å². The molecule has 1 aliphatic heterocycles. The van der Waals surface area contributed by atoms with Crippen molar-refractivity contribution in [3.8, 4) is 60.7 Å². The molecule has 740 valence electrons. The van der Waals surface area contributed by atoms with Crippen LogP contribution in [0.5, 0.6) is 0 Å². The SMILES string of the molecule is C#Cc1ccc(I)c(C(=O)NCCCCC(C(=O)OC)N(CC(=O)OC)CC(=O)OC)c1.C#Cc1ccc(I)c(C(=O)O)c1.C#Cc1ccc(I)c(C(=O)ON2C(=O)CCC2=O)c1.CC#Cc1ccc(C)c(C(=O)NCCCCC(C(=O)O)N(CC(=O)O)CC(O)O)c1.CC#Cc1ccc(C)c(C(=O)NCCCC[C@H](C(=O)O)N(CC(=O)O)CC(=O)O)c1.O.O.O=C(O)c1cc(I)ccc1I.[Ni]. The second kappa shape index (κ2) is 68.7. The van der Waals surface area contributed by atoms with Crippen molar-refractivity contribution in [2.24, 2.45) is 0 Å². The molecular formula is C93H102I5N7NiO31. The maximum Gasteiger partial charge on any atom is 0.365 e. The van der Waals surface area contributed by atoms with Crippen LogP contribution in [0.4, 0.5) is 0 Å². The average molecular weight is 2510 g/mol. The van der Waals surface area contributed by atoms with E-state index in [-0.39, 0.29) is 95.1 Å². The summed E-state index contributed by atoms with van der Waals surface area (Å²) < 4.78 is 18.0. The number of aromatic carboxylic acids is 2. The van der Waals surface area contributed by atoms with Gasteiger partial charge >= 0.3 is 65.7 Å². The number of carboxylic acids is 7. The molecule has 6 aromatic rings. The molecular weight excluding hydrogens is 2400 g/mol. The molecule has 0 saturated carbocycles. The third-order valence-corrected chi connectivity index (χ3v) is 22.8. The second-order valence-corrected chi connectivity index (χ2v) is 34.0. The zero-order valence-corrected chi connectivity index (χ0v) is 86.5. The molecule has 1 fully saturated rings. The average Bonchev–Trinajstić information content (AvgIpc) is 1.23. The zero-order chi connectivity index (χ0) is 101. The number of imide groups is 1. The van der Waals surface area contributed by atoms with Crippen LogP contribution in [0, 0.1) is 92.4 Å². The van der Waals surface area contributed by atoms with Gasteiger partial charge in [-0.3, -0.25) is 77.0 Å². The number of hydrogen-bond acceptors (Lipinski definition) is 25. The number of amides is 5. The number of unbranched alkanes of at least 4 members (excludes halogenated alkanes) is 3. The zero-order valence-electron chi connectivity index (χ0n) is 74.8. The summed E-state index contributed by atoms with van der Waals surface area (Å²) in [6.45, 7) is 5.01. The number of rotatable bonds is 40. The maximum atomic E-state index is 12.4. The van der Waals surface area contributed by atoms with E-state index in [1.54, 1.807) is 80.6 Å². The summed E-state index contributed by atoms with van der Waals surface area (Å²) in [7, 11) is 3.67. The van der Waals surface area contributed by atoms with Crippen molar-refractivity contribution in [2.45, 2.75) is 123 Å². The number of carbonyl (C=O) groups excluding carboxylic acids is 9. The minimum Gasteiger partial charge on any atom is -0.480 e. The van der Waals surface area contributed by atoms with E-state index >= 15 is 0 Å². The summed E-state index contributed by atoms with van der Waals surface area (Å²) in [4.78, 5) is 193. The van der Waals surface area contributed by atoms with Crippen LogP contribution >= 0.6 is 113 Å². The monoisotopic (exact) mass is 2510 g/mol. The number of carboxylic acid groups (broad SMARTS) is 7. The van der Waals surface area contributed by atoms with Gasteiger partial charge in [0, 0.05) is 106 Å². The molecule has 1 saturated heterocycles. The summed E-state index contributed by atoms with van der Waals surface area (Å²) >= 11 is 10.1. The van der Waals surface area contributed by atoms with Gasteiger partial charge in [0.05, 0.1) is 82.9 Å². The van der Waals surface area contributed by atoms with Gasteiger partial charge in [-0.05, 0) is 307 Å². The Labute approximate surface area is 868 Å². The van der Waals surface area contributed by atoms with E-state index in [0.29, 0.717) is 116 Å². The largest absolute Gasteiger partial charge is 0.480 e. The summed E-state index contributed by atoms with van der Waals surface area (Å²) in [6, 6.07) is 27.7. The van der Waals surface area contributed by atoms with Crippen molar-refractivity contribution >= 4 is 208 Å². The number of ether oxygens (including phenoxy) is 3. The Hall–Kier alpha value is -11.3. The van der Waals surface area contributed by atoms with Crippen LogP contribution < -0.4 is 16.0 Å². The number of nitrogens with one attached hydrogen (secondary N) is 3. The fourth-order valence-corrected chi connectivity index (χ4v) is 14.6. The number of aryl methyl sites for hydroxylation is 2. The van der Waals surface area contributed by atoms with Crippen molar-refractivity contribution in [3.05, 3.63) is 199 Å². The summed E-state index contributed by atoms with van der Waals surface area (Å²) in [5.74, 6) is 6.08. The standard InChI is InChI=1S/C22H27IN2O7.C21H28N2O7.C21H26N2O7.C13H8INO4.C9H5IO2.C7H4I2O2.Ni.2H2O/c1-5-15-9-10-17(23)16(12-15)21(28)24-11-7-6-8-18(22(29)32-4)25(13-19(26)30-2)14-20(27)31-3;2*1-3-6-15-9-8-14(2)16(11-15)20(28)22-10-5-4-7-17(21(29)30)23(12-18(24)25)13-19(26)27;1-2-8-3-4-10(14)9(7-8)13(18)19-15-11(16)5-6-12(15)17;1-2-6-3-4-8(10)7(5-6)9(11)12;8-4-1-2-6(9)5(3-4)7(10)11;;;/h1,9-10,12,18H,6-8,11,13-14H2,2-4H3,(H,24,28);8-9,11,17-18,24-25H,4-5,7,10,12-13H2,1-2H3,(H,22,28)(H,26,27)(H,29,30);8-9,11,17H,4-5,7,10,12-13H2,1-2H3,(H,22,28)(H,24,25)(H,26,27)(H,29,30);1,3-4,7H,5-6H2;1,3-5H,(H,11,12);1-3H,(H,10,11);;2*1H2/t;;17-;;;;;;/m..1....../s1. The Kier molecular flexibility index (Phi) is 64.0. The Morgan fingerprint density at radius 2 is 0.745 bits per heavy atom. The molecule has 16 N–H and O–H groups in total. The summed E-state index contributed by atoms with van der Waals surface area (Å²) in [5, 5.41) is 89.9. The van der Waals surface area contributed by atoms with Crippen LogP contribution in [0.15, 0.2) is 109 Å². The number of aliphatic carboxylic acids is 5.